The highest BCUT2D eigenvalue weighted by Gasteiger charge is 2.46. The van der Waals surface area contributed by atoms with Crippen molar-refractivity contribution in [3.8, 4) is 0 Å². The molecule has 0 heteroatoms. The van der Waals surface area contributed by atoms with Gasteiger partial charge in [0, 0.05) is 5.92 Å². The molecule has 0 radical (unpaired) electrons. The lowest BCUT2D eigenvalue weighted by Gasteiger charge is -2.46. The van der Waals surface area contributed by atoms with E-state index in [-0.39, 0.29) is 5.41 Å². The zero-order chi connectivity index (χ0) is 19.8. The highest BCUT2D eigenvalue weighted by molar-refractivity contribution is 5.68. The quantitative estimate of drug-likeness (QED) is 0.356. The minimum atomic E-state index is -0.304. The molecule has 142 valence electrons. The molecule has 1 aliphatic carbocycles. The number of hydrogen-bond acceptors (Lipinski definition) is 0. The summed E-state index contributed by atoms with van der Waals surface area (Å²) in [7, 11) is 0. The van der Waals surface area contributed by atoms with Crippen LogP contribution in [0.25, 0.3) is 0 Å². The Hall–Kier alpha value is -3.12. The first kappa shape index (κ1) is 17.9. The van der Waals surface area contributed by atoms with Crippen LogP contribution in [0.3, 0.4) is 0 Å². The van der Waals surface area contributed by atoms with Crippen LogP contribution in [0.1, 0.15) is 53.1 Å². The van der Waals surface area contributed by atoms with Crippen LogP contribution in [0.4, 0.5) is 0 Å². The topological polar surface area (TPSA) is 0 Å². The first-order chi connectivity index (χ1) is 14.2. The molecule has 0 aromatic heterocycles. The lowest BCUT2D eigenvalue weighted by Crippen LogP contribution is -2.38. The first-order valence-electron chi connectivity index (χ1n) is 10.5. The van der Waals surface area contributed by atoms with E-state index in [9.17, 15) is 0 Å². The van der Waals surface area contributed by atoms with Crippen LogP contribution in [0.15, 0.2) is 109 Å². The van der Waals surface area contributed by atoms with E-state index in [0.717, 1.165) is 0 Å². The molecule has 0 aliphatic heterocycles. The maximum atomic E-state index is 2.35. The average molecular weight is 375 g/mol. The summed E-state index contributed by atoms with van der Waals surface area (Å²) in [5, 5.41) is 0. The Labute approximate surface area is 173 Å². The Bertz CT molecular complexity index is 1030. The summed E-state index contributed by atoms with van der Waals surface area (Å²) in [5.74, 6) is 0.935. The van der Waals surface area contributed by atoms with Gasteiger partial charge in [-0.1, -0.05) is 123 Å². The Balaban J connectivity index is 1.98. The van der Waals surface area contributed by atoms with E-state index in [1.165, 1.54) is 33.4 Å². The van der Waals surface area contributed by atoms with Gasteiger partial charge in [0.05, 0.1) is 5.41 Å². The zero-order valence-electron chi connectivity index (χ0n) is 17.0. The molecule has 0 nitrogen and oxygen atoms in total. The minimum Gasteiger partial charge on any atom is -0.0622 e. The van der Waals surface area contributed by atoms with Crippen molar-refractivity contribution < 1.29 is 0 Å². The average Bonchev–Trinajstić information content (AvgIpc) is 2.78. The Morgan fingerprint density at radius 1 is 0.517 bits per heavy atom. The van der Waals surface area contributed by atoms with E-state index < -0.39 is 0 Å². The van der Waals surface area contributed by atoms with Gasteiger partial charge in [-0.25, -0.2) is 0 Å². The molecule has 0 saturated carbocycles. The van der Waals surface area contributed by atoms with E-state index in [1.807, 2.05) is 0 Å². The van der Waals surface area contributed by atoms with Crippen molar-refractivity contribution in [2.45, 2.75) is 25.2 Å². The van der Waals surface area contributed by atoms with Gasteiger partial charge in [-0.15, -0.1) is 0 Å². The molecule has 0 unspecified atom stereocenters. The summed E-state index contributed by atoms with van der Waals surface area (Å²) in [6.07, 6.45) is 0. The minimum absolute atomic E-state index is 0.304. The van der Waals surface area contributed by atoms with E-state index >= 15 is 0 Å². The van der Waals surface area contributed by atoms with Crippen molar-refractivity contribution in [1.82, 2.24) is 0 Å². The molecular formula is C29H26. The highest BCUT2D eigenvalue weighted by Crippen LogP contribution is 2.55. The standard InChI is InChI=1S/C29H26/c1-21(2)28-24-17-9-11-19-26(24)29(22-13-5-3-6-14-22,23-15-7-4-8-16-23)27-20-12-10-18-25(27)28/h3-21,28H,1-2H3. The van der Waals surface area contributed by atoms with Gasteiger partial charge in [0.25, 0.3) is 0 Å². The maximum Gasteiger partial charge on any atom is 0.0707 e. The second-order valence-electron chi connectivity index (χ2n) is 8.38. The van der Waals surface area contributed by atoms with Gasteiger partial charge in [-0.3, -0.25) is 0 Å². The van der Waals surface area contributed by atoms with Crippen LogP contribution in [0.5, 0.6) is 0 Å². The number of fused-ring (bicyclic) bond motifs is 2. The fraction of sp³-hybridized carbons (Fsp3) is 0.172. The maximum absolute atomic E-state index is 2.35. The SMILES string of the molecule is CC(C)C1c2ccccc2C(c2ccccc2)(c2ccccc2)c2ccccc21. The van der Waals surface area contributed by atoms with Crippen molar-refractivity contribution in [1.29, 1.82) is 0 Å². The zero-order valence-corrected chi connectivity index (χ0v) is 17.0. The number of benzene rings is 4. The smallest absolute Gasteiger partial charge is 0.0622 e. The third-order valence-electron chi connectivity index (χ3n) is 6.48. The normalized spacial score (nSPS) is 15.0. The number of rotatable bonds is 3. The lowest BCUT2D eigenvalue weighted by molar-refractivity contribution is 0.525. The first-order valence-corrected chi connectivity index (χ1v) is 10.5. The molecule has 5 rings (SSSR count). The van der Waals surface area contributed by atoms with Crippen LogP contribution in [0.2, 0.25) is 0 Å². The Morgan fingerprint density at radius 3 is 1.31 bits per heavy atom. The summed E-state index contributed by atoms with van der Waals surface area (Å²) >= 11 is 0. The van der Waals surface area contributed by atoms with E-state index in [2.05, 4.69) is 123 Å². The third kappa shape index (κ3) is 2.59. The van der Waals surface area contributed by atoms with Crippen LogP contribution in [-0.2, 0) is 5.41 Å². The predicted molar refractivity (Wildman–Crippen MR) is 121 cm³/mol. The van der Waals surface area contributed by atoms with Crippen molar-refractivity contribution in [3.05, 3.63) is 143 Å². The van der Waals surface area contributed by atoms with Crippen LogP contribution in [0, 0.1) is 5.92 Å². The van der Waals surface area contributed by atoms with Gasteiger partial charge in [-0.2, -0.15) is 0 Å². The molecule has 0 fully saturated rings. The highest BCUT2D eigenvalue weighted by atomic mass is 14.5. The largest absolute Gasteiger partial charge is 0.0707 e. The molecule has 4 aromatic rings. The Kier molecular flexibility index (Phi) is 4.36. The van der Waals surface area contributed by atoms with Crippen molar-refractivity contribution in [2.24, 2.45) is 5.92 Å². The predicted octanol–water partition coefficient (Wildman–Crippen LogP) is 7.17. The molecular weight excluding hydrogens is 348 g/mol. The summed E-state index contributed by atoms with van der Waals surface area (Å²) in [5.41, 5.74) is 8.08. The van der Waals surface area contributed by atoms with E-state index in [4.69, 9.17) is 0 Å². The molecule has 0 bridgehead atoms. The number of hydrogen-bond donors (Lipinski definition) is 0. The lowest BCUT2D eigenvalue weighted by atomic mass is 9.56. The van der Waals surface area contributed by atoms with E-state index in [1.54, 1.807) is 0 Å². The van der Waals surface area contributed by atoms with Crippen molar-refractivity contribution in [2.75, 3.05) is 0 Å². The summed E-state index contributed by atoms with van der Waals surface area (Å²) in [6, 6.07) is 40.2. The molecule has 1 aliphatic rings. The van der Waals surface area contributed by atoms with Gasteiger partial charge >= 0.3 is 0 Å². The fourth-order valence-electron chi connectivity index (χ4n) is 5.42. The van der Waals surface area contributed by atoms with Gasteiger partial charge in [-0.05, 0) is 39.3 Å². The molecule has 0 heterocycles. The van der Waals surface area contributed by atoms with Crippen LogP contribution in [-0.4, -0.2) is 0 Å². The molecule has 0 spiro atoms. The van der Waals surface area contributed by atoms with Crippen molar-refractivity contribution in [3.63, 3.8) is 0 Å². The van der Waals surface area contributed by atoms with E-state index in [0.29, 0.717) is 11.8 Å². The fourth-order valence-corrected chi connectivity index (χ4v) is 5.42. The van der Waals surface area contributed by atoms with Crippen LogP contribution < -0.4 is 0 Å². The second kappa shape index (κ2) is 7.04. The molecule has 0 atom stereocenters. The molecule has 0 amide bonds. The summed E-state index contributed by atoms with van der Waals surface area (Å²) in [4.78, 5) is 0. The van der Waals surface area contributed by atoms with Gasteiger partial charge < -0.3 is 0 Å². The monoisotopic (exact) mass is 374 g/mol. The van der Waals surface area contributed by atoms with Crippen LogP contribution >= 0.6 is 0 Å². The molecule has 0 N–H and O–H groups in total. The Morgan fingerprint density at radius 2 is 0.897 bits per heavy atom. The van der Waals surface area contributed by atoms with Gasteiger partial charge in [0.15, 0.2) is 0 Å². The van der Waals surface area contributed by atoms with Gasteiger partial charge in [0.2, 0.25) is 0 Å². The van der Waals surface area contributed by atoms with Gasteiger partial charge in [0.1, 0.15) is 0 Å². The second-order valence-corrected chi connectivity index (χ2v) is 8.38. The third-order valence-corrected chi connectivity index (χ3v) is 6.48. The summed E-state index contributed by atoms with van der Waals surface area (Å²) in [6.45, 7) is 4.69. The molecule has 29 heavy (non-hydrogen) atoms. The molecule has 4 aromatic carbocycles. The molecule has 0 saturated heterocycles. The van der Waals surface area contributed by atoms with Crippen molar-refractivity contribution >= 4 is 0 Å². The summed E-state index contributed by atoms with van der Waals surface area (Å²) < 4.78 is 0.